The first-order valence-corrected chi connectivity index (χ1v) is 10.3. The van der Waals surface area contributed by atoms with Gasteiger partial charge in [-0.25, -0.2) is 4.79 Å². The Bertz CT molecular complexity index is 890. The Labute approximate surface area is 177 Å². The van der Waals surface area contributed by atoms with Crippen molar-refractivity contribution in [3.63, 3.8) is 0 Å². The number of benzene rings is 2. The molecule has 1 unspecified atom stereocenters. The van der Waals surface area contributed by atoms with E-state index in [1.807, 2.05) is 45.0 Å². The molecule has 2 N–H and O–H groups in total. The van der Waals surface area contributed by atoms with E-state index in [1.54, 1.807) is 12.1 Å². The lowest BCUT2D eigenvalue weighted by Crippen LogP contribution is -2.36. The van der Waals surface area contributed by atoms with Crippen LogP contribution < -0.4 is 5.32 Å². The number of aliphatic carboxylic acids is 1. The SMILES string of the molecule is CC(C)(C)OC(=O)c1ccc2c(c1)NC(CC(=O)O)CN(CCc1ccccc1)C2. The van der Waals surface area contributed by atoms with E-state index < -0.39 is 11.6 Å². The number of nitrogens with one attached hydrogen (secondary N) is 1. The Morgan fingerprint density at radius 2 is 1.90 bits per heavy atom. The summed E-state index contributed by atoms with van der Waals surface area (Å²) in [5, 5.41) is 12.7. The molecule has 0 bridgehead atoms. The third-order valence-corrected chi connectivity index (χ3v) is 4.96. The van der Waals surface area contributed by atoms with Gasteiger partial charge in [-0.05, 0) is 50.5 Å². The quantitative estimate of drug-likeness (QED) is 0.702. The maximum Gasteiger partial charge on any atom is 0.338 e. The highest BCUT2D eigenvalue weighted by atomic mass is 16.6. The lowest BCUT2D eigenvalue weighted by Gasteiger charge is -2.23. The van der Waals surface area contributed by atoms with Crippen molar-refractivity contribution in [1.82, 2.24) is 4.90 Å². The van der Waals surface area contributed by atoms with E-state index in [2.05, 4.69) is 22.3 Å². The van der Waals surface area contributed by atoms with Crippen molar-refractivity contribution in [2.24, 2.45) is 0 Å². The van der Waals surface area contributed by atoms with Crippen LogP contribution in [-0.2, 0) is 22.5 Å². The van der Waals surface area contributed by atoms with Gasteiger partial charge < -0.3 is 15.2 Å². The van der Waals surface area contributed by atoms with Crippen molar-refractivity contribution in [3.8, 4) is 0 Å². The maximum atomic E-state index is 12.5. The van der Waals surface area contributed by atoms with E-state index in [1.165, 1.54) is 5.56 Å². The number of carbonyl (C=O) groups excluding carboxylic acids is 1. The van der Waals surface area contributed by atoms with Gasteiger partial charge in [0.25, 0.3) is 0 Å². The van der Waals surface area contributed by atoms with Crippen LogP contribution in [0.2, 0.25) is 0 Å². The molecule has 6 nitrogen and oxygen atoms in total. The van der Waals surface area contributed by atoms with Crippen LogP contribution in [0.15, 0.2) is 48.5 Å². The summed E-state index contributed by atoms with van der Waals surface area (Å²) in [6.07, 6.45) is 0.907. The number of rotatable bonds is 6. The number of carboxylic acid groups (broad SMARTS) is 1. The Morgan fingerprint density at radius 3 is 2.57 bits per heavy atom. The number of fused-ring (bicyclic) bond motifs is 1. The highest BCUT2D eigenvalue weighted by molar-refractivity contribution is 5.91. The molecule has 2 aromatic rings. The third kappa shape index (κ3) is 6.32. The molecule has 0 aromatic heterocycles. The highest BCUT2D eigenvalue weighted by Crippen LogP contribution is 2.26. The van der Waals surface area contributed by atoms with Crippen LogP contribution >= 0.6 is 0 Å². The molecule has 30 heavy (non-hydrogen) atoms. The second-order valence-electron chi connectivity index (χ2n) is 8.78. The fraction of sp³-hybridized carbons (Fsp3) is 0.417. The van der Waals surface area contributed by atoms with E-state index >= 15 is 0 Å². The normalized spacial score (nSPS) is 16.8. The maximum absolute atomic E-state index is 12.5. The number of hydrogen-bond acceptors (Lipinski definition) is 5. The first kappa shape index (κ1) is 21.8. The van der Waals surface area contributed by atoms with E-state index in [0.717, 1.165) is 24.2 Å². The molecular weight excluding hydrogens is 380 g/mol. The molecule has 1 atom stereocenters. The molecule has 0 fully saturated rings. The van der Waals surface area contributed by atoms with Gasteiger partial charge >= 0.3 is 11.9 Å². The molecular formula is C24H30N2O4. The molecule has 1 aliphatic rings. The molecule has 0 saturated carbocycles. The predicted molar refractivity (Wildman–Crippen MR) is 117 cm³/mol. The standard InChI is InChI=1S/C24H30N2O4/c1-24(2,3)30-23(29)18-9-10-19-15-26(12-11-17-7-5-4-6-8-17)16-20(14-22(27)28)25-21(19)13-18/h4-10,13,20,25H,11-12,14-16H2,1-3H3,(H,27,28). The van der Waals surface area contributed by atoms with Gasteiger partial charge in [-0.3, -0.25) is 9.69 Å². The molecule has 3 rings (SSSR count). The number of esters is 1. The average molecular weight is 411 g/mol. The average Bonchev–Trinajstić information content (AvgIpc) is 2.83. The van der Waals surface area contributed by atoms with Crippen molar-refractivity contribution >= 4 is 17.6 Å². The van der Waals surface area contributed by atoms with Gasteiger partial charge in [0.05, 0.1) is 12.0 Å². The Kier molecular flexibility index (Phi) is 6.77. The fourth-order valence-corrected chi connectivity index (χ4v) is 3.62. The number of carbonyl (C=O) groups is 2. The summed E-state index contributed by atoms with van der Waals surface area (Å²) in [7, 11) is 0. The molecule has 0 radical (unpaired) electrons. The lowest BCUT2D eigenvalue weighted by atomic mass is 10.1. The minimum atomic E-state index is -0.845. The minimum absolute atomic E-state index is 0.0118. The molecule has 0 saturated heterocycles. The molecule has 0 amide bonds. The Hall–Kier alpha value is -2.86. The Balaban J connectivity index is 1.79. The first-order chi connectivity index (χ1) is 14.2. The van der Waals surface area contributed by atoms with Crippen LogP contribution in [-0.4, -0.2) is 46.7 Å². The summed E-state index contributed by atoms with van der Waals surface area (Å²) in [6.45, 7) is 7.64. The van der Waals surface area contributed by atoms with Crippen molar-refractivity contribution < 1.29 is 19.4 Å². The third-order valence-electron chi connectivity index (χ3n) is 4.96. The zero-order valence-corrected chi connectivity index (χ0v) is 17.9. The zero-order valence-electron chi connectivity index (χ0n) is 17.9. The minimum Gasteiger partial charge on any atom is -0.481 e. The molecule has 1 heterocycles. The van der Waals surface area contributed by atoms with Gasteiger partial charge in [0.1, 0.15) is 5.60 Å². The predicted octanol–water partition coefficient (Wildman–Crippen LogP) is 3.96. The van der Waals surface area contributed by atoms with E-state index in [-0.39, 0.29) is 18.4 Å². The summed E-state index contributed by atoms with van der Waals surface area (Å²) >= 11 is 0. The lowest BCUT2D eigenvalue weighted by molar-refractivity contribution is -0.137. The highest BCUT2D eigenvalue weighted by Gasteiger charge is 2.25. The number of nitrogens with zero attached hydrogens (tertiary/aromatic N) is 1. The molecule has 2 aromatic carbocycles. The molecule has 160 valence electrons. The van der Waals surface area contributed by atoms with Gasteiger partial charge in [0.15, 0.2) is 0 Å². The Morgan fingerprint density at radius 1 is 1.17 bits per heavy atom. The summed E-state index contributed by atoms with van der Waals surface area (Å²) in [6, 6.07) is 15.5. The van der Waals surface area contributed by atoms with Gasteiger partial charge in [0, 0.05) is 31.4 Å². The number of carboxylic acids is 1. The van der Waals surface area contributed by atoms with Crippen LogP contribution in [0.5, 0.6) is 0 Å². The summed E-state index contributed by atoms with van der Waals surface area (Å²) in [5.74, 6) is -1.23. The second-order valence-corrected chi connectivity index (χ2v) is 8.78. The van der Waals surface area contributed by atoms with E-state index in [0.29, 0.717) is 18.7 Å². The van der Waals surface area contributed by atoms with Crippen molar-refractivity contribution in [2.75, 3.05) is 18.4 Å². The van der Waals surface area contributed by atoms with Crippen molar-refractivity contribution in [1.29, 1.82) is 0 Å². The van der Waals surface area contributed by atoms with Gasteiger partial charge in [0.2, 0.25) is 0 Å². The summed E-state index contributed by atoms with van der Waals surface area (Å²) in [5.41, 5.74) is 2.99. The van der Waals surface area contributed by atoms with Crippen molar-refractivity contribution in [2.45, 2.75) is 51.8 Å². The van der Waals surface area contributed by atoms with E-state index in [9.17, 15) is 14.7 Å². The van der Waals surface area contributed by atoms with Crippen LogP contribution in [0.1, 0.15) is 48.7 Å². The largest absolute Gasteiger partial charge is 0.481 e. The first-order valence-electron chi connectivity index (χ1n) is 10.3. The van der Waals surface area contributed by atoms with Gasteiger partial charge in [-0.15, -0.1) is 0 Å². The second kappa shape index (κ2) is 9.30. The molecule has 0 spiro atoms. The van der Waals surface area contributed by atoms with E-state index in [4.69, 9.17) is 4.74 Å². The topological polar surface area (TPSA) is 78.9 Å². The number of anilines is 1. The van der Waals surface area contributed by atoms with Crippen LogP contribution in [0.3, 0.4) is 0 Å². The molecule has 6 heteroatoms. The van der Waals surface area contributed by atoms with Gasteiger partial charge in [-0.1, -0.05) is 36.4 Å². The van der Waals surface area contributed by atoms with Crippen molar-refractivity contribution in [3.05, 3.63) is 65.2 Å². The smallest absolute Gasteiger partial charge is 0.338 e. The molecule has 0 aliphatic carbocycles. The number of ether oxygens (including phenoxy) is 1. The van der Waals surface area contributed by atoms with Crippen LogP contribution in [0, 0.1) is 0 Å². The van der Waals surface area contributed by atoms with Crippen LogP contribution in [0.25, 0.3) is 0 Å². The van der Waals surface area contributed by atoms with Crippen LogP contribution in [0.4, 0.5) is 5.69 Å². The van der Waals surface area contributed by atoms with Gasteiger partial charge in [-0.2, -0.15) is 0 Å². The monoisotopic (exact) mass is 410 g/mol. The fourth-order valence-electron chi connectivity index (χ4n) is 3.62. The summed E-state index contributed by atoms with van der Waals surface area (Å²) < 4.78 is 5.47. The number of hydrogen-bond donors (Lipinski definition) is 2. The zero-order chi connectivity index (χ0) is 21.7. The molecule has 1 aliphatic heterocycles. The summed E-state index contributed by atoms with van der Waals surface area (Å²) in [4.78, 5) is 26.1.